The van der Waals surface area contributed by atoms with Crippen LogP contribution in [0, 0.1) is 0 Å². The monoisotopic (exact) mass is 368 g/mol. The minimum absolute atomic E-state index is 0.0810. The van der Waals surface area contributed by atoms with Crippen molar-refractivity contribution in [2.24, 2.45) is 0 Å². The summed E-state index contributed by atoms with van der Waals surface area (Å²) in [5.74, 6) is -1.29. The Bertz CT molecular complexity index is 549. The summed E-state index contributed by atoms with van der Waals surface area (Å²) in [5, 5.41) is 11.2. The zero-order chi connectivity index (χ0) is 16.2. The Morgan fingerprint density at radius 1 is 1.38 bits per heavy atom. The maximum absolute atomic E-state index is 12.3. The SMILES string of the molecule is CCN(CC(F)(F)F)C(=O)Nc1cc(Br)ccc1C(=O)O. The first kappa shape index (κ1) is 17.3. The molecule has 0 spiro atoms. The van der Waals surface area contributed by atoms with Gasteiger partial charge >= 0.3 is 18.2 Å². The van der Waals surface area contributed by atoms with Crippen molar-refractivity contribution in [2.45, 2.75) is 13.1 Å². The number of carboxylic acid groups (broad SMARTS) is 1. The van der Waals surface area contributed by atoms with E-state index in [1.165, 1.54) is 25.1 Å². The summed E-state index contributed by atoms with van der Waals surface area (Å²) in [6, 6.07) is 2.98. The van der Waals surface area contributed by atoms with E-state index in [9.17, 15) is 22.8 Å². The maximum Gasteiger partial charge on any atom is 0.406 e. The van der Waals surface area contributed by atoms with Gasteiger partial charge in [-0.25, -0.2) is 9.59 Å². The van der Waals surface area contributed by atoms with Crippen LogP contribution in [0.2, 0.25) is 0 Å². The van der Waals surface area contributed by atoms with Crippen LogP contribution in [0.25, 0.3) is 0 Å². The fraction of sp³-hybridized carbons (Fsp3) is 0.333. The van der Waals surface area contributed by atoms with E-state index in [-0.39, 0.29) is 17.8 Å². The quantitative estimate of drug-likeness (QED) is 0.853. The van der Waals surface area contributed by atoms with Gasteiger partial charge in [0.15, 0.2) is 0 Å². The summed E-state index contributed by atoms with van der Waals surface area (Å²) in [6.07, 6.45) is -4.53. The Hall–Kier alpha value is -1.77. The lowest BCUT2D eigenvalue weighted by atomic mass is 10.2. The van der Waals surface area contributed by atoms with Crippen molar-refractivity contribution in [3.63, 3.8) is 0 Å². The topological polar surface area (TPSA) is 69.6 Å². The van der Waals surface area contributed by atoms with Gasteiger partial charge in [-0.3, -0.25) is 0 Å². The highest BCUT2D eigenvalue weighted by Gasteiger charge is 2.32. The molecule has 1 aromatic carbocycles. The standard InChI is InChI=1S/C12H12BrF3N2O3/c1-2-18(6-12(14,15)16)11(21)17-9-5-7(13)3-4-8(9)10(19)20/h3-5H,2,6H2,1H3,(H,17,21)(H,19,20). The van der Waals surface area contributed by atoms with Gasteiger partial charge in [0.1, 0.15) is 6.54 Å². The van der Waals surface area contributed by atoms with Gasteiger partial charge in [0.25, 0.3) is 0 Å². The van der Waals surface area contributed by atoms with Crippen LogP contribution in [0.3, 0.4) is 0 Å². The molecule has 5 nitrogen and oxygen atoms in total. The molecule has 0 aliphatic rings. The van der Waals surface area contributed by atoms with Crippen molar-refractivity contribution in [2.75, 3.05) is 18.4 Å². The van der Waals surface area contributed by atoms with E-state index in [1.807, 2.05) is 0 Å². The Labute approximate surface area is 126 Å². The van der Waals surface area contributed by atoms with E-state index in [0.717, 1.165) is 0 Å². The molecule has 1 rings (SSSR count). The number of carboxylic acids is 1. The molecule has 0 saturated carbocycles. The largest absolute Gasteiger partial charge is 0.478 e. The molecule has 2 amide bonds. The number of rotatable bonds is 4. The number of anilines is 1. The van der Waals surface area contributed by atoms with E-state index < -0.39 is 24.7 Å². The molecule has 0 heterocycles. The van der Waals surface area contributed by atoms with Crippen LogP contribution in [-0.2, 0) is 0 Å². The predicted octanol–water partition coefficient (Wildman–Crippen LogP) is 3.56. The second-order valence-corrected chi connectivity index (χ2v) is 4.97. The highest BCUT2D eigenvalue weighted by Crippen LogP contribution is 2.23. The number of nitrogens with zero attached hydrogens (tertiary/aromatic N) is 1. The number of hydrogen-bond donors (Lipinski definition) is 2. The molecule has 0 unspecified atom stereocenters. The molecule has 0 aliphatic carbocycles. The number of carbonyl (C=O) groups excluding carboxylic acids is 1. The fourth-order valence-corrected chi connectivity index (χ4v) is 1.91. The number of benzene rings is 1. The first-order valence-corrected chi connectivity index (χ1v) is 6.59. The summed E-state index contributed by atoms with van der Waals surface area (Å²) in [6.45, 7) is -0.183. The zero-order valence-electron chi connectivity index (χ0n) is 10.9. The molecule has 2 N–H and O–H groups in total. The van der Waals surface area contributed by atoms with E-state index in [1.54, 1.807) is 0 Å². The fourth-order valence-electron chi connectivity index (χ4n) is 1.54. The third-order valence-electron chi connectivity index (χ3n) is 2.49. The third-order valence-corrected chi connectivity index (χ3v) is 2.99. The summed E-state index contributed by atoms with van der Waals surface area (Å²) in [7, 11) is 0. The van der Waals surface area contributed by atoms with Gasteiger partial charge in [0.2, 0.25) is 0 Å². The van der Waals surface area contributed by atoms with Gasteiger partial charge in [-0.15, -0.1) is 0 Å². The highest BCUT2D eigenvalue weighted by atomic mass is 79.9. The maximum atomic E-state index is 12.3. The molecule has 116 valence electrons. The Morgan fingerprint density at radius 3 is 2.48 bits per heavy atom. The zero-order valence-corrected chi connectivity index (χ0v) is 12.5. The molecule has 0 fully saturated rings. The smallest absolute Gasteiger partial charge is 0.406 e. The van der Waals surface area contributed by atoms with E-state index >= 15 is 0 Å². The van der Waals surface area contributed by atoms with Gasteiger partial charge in [-0.05, 0) is 25.1 Å². The molecule has 0 saturated heterocycles. The van der Waals surface area contributed by atoms with Gasteiger partial charge < -0.3 is 15.3 Å². The number of urea groups is 1. The minimum Gasteiger partial charge on any atom is -0.478 e. The first-order chi connectivity index (χ1) is 9.64. The van der Waals surface area contributed by atoms with Crippen LogP contribution >= 0.6 is 15.9 Å². The van der Waals surface area contributed by atoms with E-state index in [2.05, 4.69) is 21.2 Å². The van der Waals surface area contributed by atoms with Gasteiger partial charge in [-0.1, -0.05) is 15.9 Å². The molecule has 0 bridgehead atoms. The minimum atomic E-state index is -4.53. The van der Waals surface area contributed by atoms with Crippen LogP contribution < -0.4 is 5.32 Å². The number of aromatic carboxylic acids is 1. The first-order valence-electron chi connectivity index (χ1n) is 5.79. The van der Waals surface area contributed by atoms with Crippen molar-refractivity contribution >= 4 is 33.6 Å². The average Bonchev–Trinajstić information content (AvgIpc) is 2.34. The van der Waals surface area contributed by atoms with Crippen LogP contribution in [0.5, 0.6) is 0 Å². The van der Waals surface area contributed by atoms with Crippen LogP contribution in [0.4, 0.5) is 23.7 Å². The van der Waals surface area contributed by atoms with Crippen molar-refractivity contribution in [1.82, 2.24) is 4.90 Å². The summed E-state index contributed by atoms with van der Waals surface area (Å²) in [4.78, 5) is 23.4. The summed E-state index contributed by atoms with van der Waals surface area (Å²) in [5.41, 5.74) is -0.294. The summed E-state index contributed by atoms with van der Waals surface area (Å²) >= 11 is 3.10. The molecule has 0 radical (unpaired) electrons. The number of hydrogen-bond acceptors (Lipinski definition) is 2. The summed E-state index contributed by atoms with van der Waals surface area (Å²) < 4.78 is 37.5. The Balaban J connectivity index is 2.96. The average molecular weight is 369 g/mol. The van der Waals surface area contributed by atoms with Crippen molar-refractivity contribution in [3.05, 3.63) is 28.2 Å². The van der Waals surface area contributed by atoms with Crippen LogP contribution in [0.1, 0.15) is 17.3 Å². The lowest BCUT2D eigenvalue weighted by molar-refractivity contribution is -0.139. The van der Waals surface area contributed by atoms with Gasteiger partial charge in [-0.2, -0.15) is 13.2 Å². The number of alkyl halides is 3. The molecule has 21 heavy (non-hydrogen) atoms. The number of halogens is 4. The lowest BCUT2D eigenvalue weighted by Gasteiger charge is -2.23. The molecular formula is C12H12BrF3N2O3. The molecule has 0 aliphatic heterocycles. The van der Waals surface area contributed by atoms with Crippen molar-refractivity contribution in [1.29, 1.82) is 0 Å². The molecule has 0 atom stereocenters. The second-order valence-electron chi connectivity index (χ2n) is 4.05. The highest BCUT2D eigenvalue weighted by molar-refractivity contribution is 9.10. The Kier molecular flexibility index (Phi) is 5.59. The normalized spacial score (nSPS) is 11.1. The predicted molar refractivity (Wildman–Crippen MR) is 73.4 cm³/mol. The van der Waals surface area contributed by atoms with Crippen LogP contribution in [-0.4, -0.2) is 41.3 Å². The molecular weight excluding hydrogens is 357 g/mol. The van der Waals surface area contributed by atoms with E-state index in [4.69, 9.17) is 5.11 Å². The number of nitrogens with one attached hydrogen (secondary N) is 1. The van der Waals surface area contributed by atoms with Gasteiger partial charge in [0, 0.05) is 11.0 Å². The molecule has 0 aromatic heterocycles. The lowest BCUT2D eigenvalue weighted by Crippen LogP contribution is -2.41. The second kappa shape index (κ2) is 6.79. The van der Waals surface area contributed by atoms with Crippen LogP contribution in [0.15, 0.2) is 22.7 Å². The molecule has 9 heteroatoms. The molecule has 1 aromatic rings. The number of carbonyl (C=O) groups is 2. The van der Waals surface area contributed by atoms with Crippen molar-refractivity contribution in [3.8, 4) is 0 Å². The van der Waals surface area contributed by atoms with Gasteiger partial charge in [0.05, 0.1) is 11.3 Å². The van der Waals surface area contributed by atoms with Crippen molar-refractivity contribution < 1.29 is 27.9 Å². The number of amides is 2. The Morgan fingerprint density at radius 2 is 2.00 bits per heavy atom. The third kappa shape index (κ3) is 5.25. The van der Waals surface area contributed by atoms with E-state index in [0.29, 0.717) is 9.37 Å².